The van der Waals surface area contributed by atoms with E-state index in [0.717, 1.165) is 12.8 Å². The van der Waals surface area contributed by atoms with E-state index in [-0.39, 0.29) is 6.04 Å². The highest BCUT2D eigenvalue weighted by atomic mass is 15.3. The van der Waals surface area contributed by atoms with Gasteiger partial charge in [0.15, 0.2) is 0 Å². The number of nitrogens with zero attached hydrogens (tertiary/aromatic N) is 2. The largest absolute Gasteiger partial charge is 0.324 e. The molecule has 1 aromatic rings. The number of aryl methyl sites for hydroxylation is 2. The maximum atomic E-state index is 5.91. The van der Waals surface area contributed by atoms with E-state index in [1.165, 1.54) is 17.7 Å². The van der Waals surface area contributed by atoms with Crippen molar-refractivity contribution in [1.29, 1.82) is 0 Å². The first-order valence-electron chi connectivity index (χ1n) is 4.05. The minimum Gasteiger partial charge on any atom is -0.324 e. The van der Waals surface area contributed by atoms with Crippen molar-refractivity contribution in [2.75, 3.05) is 0 Å². The Labute approximate surface area is 66.2 Å². The third-order valence-corrected chi connectivity index (χ3v) is 2.27. The molecule has 1 aromatic heterocycles. The quantitative estimate of drug-likeness (QED) is 0.594. The molecular formula is C8H13N3. The molecule has 0 saturated heterocycles. The molecule has 1 heterocycles. The average Bonchev–Trinajstić information content (AvgIpc) is 2.31. The molecule has 1 aliphatic carbocycles. The summed E-state index contributed by atoms with van der Waals surface area (Å²) in [6.45, 7) is 0. The normalized spacial score (nSPS) is 23.3. The first kappa shape index (κ1) is 6.85. The minimum atomic E-state index is 0.229. The molecule has 0 bridgehead atoms. The van der Waals surface area contributed by atoms with Crippen LogP contribution in [0.5, 0.6) is 0 Å². The molecule has 11 heavy (non-hydrogen) atoms. The summed E-state index contributed by atoms with van der Waals surface area (Å²) in [5, 5.41) is 4.34. The van der Waals surface area contributed by atoms with Crippen molar-refractivity contribution < 1.29 is 0 Å². The molecule has 0 amide bonds. The molecule has 0 aromatic carbocycles. The molecule has 0 aliphatic heterocycles. The number of rotatable bonds is 0. The van der Waals surface area contributed by atoms with Crippen LogP contribution in [0.25, 0.3) is 0 Å². The van der Waals surface area contributed by atoms with E-state index < -0.39 is 0 Å². The summed E-state index contributed by atoms with van der Waals surface area (Å²) < 4.78 is 1.86. The van der Waals surface area contributed by atoms with Crippen LogP contribution in [0, 0.1) is 0 Å². The Balaban J connectivity index is 2.43. The lowest BCUT2D eigenvalue weighted by Crippen LogP contribution is -2.15. The number of fused-ring (bicyclic) bond motifs is 1. The lowest BCUT2D eigenvalue weighted by molar-refractivity contribution is 0.565. The van der Waals surface area contributed by atoms with Crippen LogP contribution >= 0.6 is 0 Å². The highest BCUT2D eigenvalue weighted by Gasteiger charge is 2.19. The van der Waals surface area contributed by atoms with E-state index >= 15 is 0 Å². The van der Waals surface area contributed by atoms with Crippen molar-refractivity contribution in [2.24, 2.45) is 12.8 Å². The van der Waals surface area contributed by atoms with Gasteiger partial charge in [-0.15, -0.1) is 0 Å². The van der Waals surface area contributed by atoms with Crippen molar-refractivity contribution in [3.8, 4) is 0 Å². The Kier molecular flexibility index (Phi) is 1.46. The summed E-state index contributed by atoms with van der Waals surface area (Å²) in [5.74, 6) is 0. The van der Waals surface area contributed by atoms with Gasteiger partial charge < -0.3 is 5.73 Å². The fourth-order valence-electron chi connectivity index (χ4n) is 1.70. The highest BCUT2D eigenvalue weighted by Crippen LogP contribution is 2.26. The SMILES string of the molecule is Cn1cc2c(n1)CCC[C@@H]2N. The van der Waals surface area contributed by atoms with E-state index in [1.807, 2.05) is 17.9 Å². The van der Waals surface area contributed by atoms with E-state index in [4.69, 9.17) is 5.73 Å². The number of hydrogen-bond acceptors (Lipinski definition) is 2. The third kappa shape index (κ3) is 1.05. The lowest BCUT2D eigenvalue weighted by Gasteiger charge is -2.15. The standard InChI is InChI=1S/C8H13N3/c1-11-5-6-7(9)3-2-4-8(6)10-11/h5,7H,2-4,9H2,1H3/t7-/m0/s1. The summed E-state index contributed by atoms with van der Waals surface area (Å²) in [5.41, 5.74) is 8.36. The number of nitrogens with two attached hydrogens (primary N) is 1. The predicted octanol–water partition coefficient (Wildman–Crippen LogP) is 0.756. The van der Waals surface area contributed by atoms with Gasteiger partial charge in [-0.05, 0) is 19.3 Å². The molecule has 3 nitrogen and oxygen atoms in total. The molecular weight excluding hydrogens is 138 g/mol. The van der Waals surface area contributed by atoms with E-state index in [9.17, 15) is 0 Å². The van der Waals surface area contributed by atoms with Gasteiger partial charge in [-0.2, -0.15) is 5.10 Å². The molecule has 1 aliphatic rings. The van der Waals surface area contributed by atoms with E-state index in [2.05, 4.69) is 5.10 Å². The summed E-state index contributed by atoms with van der Waals surface area (Å²) in [7, 11) is 1.95. The molecule has 60 valence electrons. The predicted molar refractivity (Wildman–Crippen MR) is 43.1 cm³/mol. The zero-order chi connectivity index (χ0) is 7.84. The van der Waals surface area contributed by atoms with Crippen LogP contribution in [0.2, 0.25) is 0 Å². The Morgan fingerprint density at radius 1 is 1.73 bits per heavy atom. The van der Waals surface area contributed by atoms with Crippen LogP contribution in [0.15, 0.2) is 6.20 Å². The molecule has 0 spiro atoms. The van der Waals surface area contributed by atoms with Crippen molar-refractivity contribution in [1.82, 2.24) is 9.78 Å². The second-order valence-corrected chi connectivity index (χ2v) is 3.20. The monoisotopic (exact) mass is 151 g/mol. The van der Waals surface area contributed by atoms with Gasteiger partial charge in [0, 0.05) is 24.8 Å². The summed E-state index contributed by atoms with van der Waals surface area (Å²) >= 11 is 0. The fraction of sp³-hybridized carbons (Fsp3) is 0.625. The van der Waals surface area contributed by atoms with Crippen molar-refractivity contribution in [3.63, 3.8) is 0 Å². The fourth-order valence-corrected chi connectivity index (χ4v) is 1.70. The summed E-state index contributed by atoms with van der Waals surface area (Å²) in [6.07, 6.45) is 5.44. The molecule has 0 fully saturated rings. The maximum Gasteiger partial charge on any atom is 0.0672 e. The van der Waals surface area contributed by atoms with E-state index in [1.54, 1.807) is 0 Å². The number of aromatic nitrogens is 2. The van der Waals surface area contributed by atoms with Crippen LogP contribution in [0.4, 0.5) is 0 Å². The average molecular weight is 151 g/mol. The van der Waals surface area contributed by atoms with Gasteiger partial charge in [0.25, 0.3) is 0 Å². The Bertz CT molecular complexity index is 264. The topological polar surface area (TPSA) is 43.8 Å². The van der Waals surface area contributed by atoms with Gasteiger partial charge in [-0.3, -0.25) is 4.68 Å². The molecule has 1 atom stereocenters. The van der Waals surface area contributed by atoms with Crippen LogP contribution in [0.1, 0.15) is 30.1 Å². The van der Waals surface area contributed by atoms with Gasteiger partial charge >= 0.3 is 0 Å². The van der Waals surface area contributed by atoms with Gasteiger partial charge in [0.05, 0.1) is 5.69 Å². The molecule has 3 heteroatoms. The minimum absolute atomic E-state index is 0.229. The first-order valence-corrected chi connectivity index (χ1v) is 4.05. The van der Waals surface area contributed by atoms with Gasteiger partial charge in [-0.1, -0.05) is 0 Å². The third-order valence-electron chi connectivity index (χ3n) is 2.27. The number of hydrogen-bond donors (Lipinski definition) is 1. The second-order valence-electron chi connectivity index (χ2n) is 3.20. The van der Waals surface area contributed by atoms with Crippen LogP contribution < -0.4 is 5.73 Å². The molecule has 0 unspecified atom stereocenters. The van der Waals surface area contributed by atoms with Crippen molar-refractivity contribution in [3.05, 3.63) is 17.5 Å². The molecule has 2 N–H and O–H groups in total. The smallest absolute Gasteiger partial charge is 0.0672 e. The van der Waals surface area contributed by atoms with Crippen molar-refractivity contribution >= 4 is 0 Å². The maximum absolute atomic E-state index is 5.91. The Hall–Kier alpha value is -0.830. The van der Waals surface area contributed by atoms with E-state index in [0.29, 0.717) is 0 Å². The first-order chi connectivity index (χ1) is 5.27. The van der Waals surface area contributed by atoms with Crippen LogP contribution in [-0.4, -0.2) is 9.78 Å². The Morgan fingerprint density at radius 3 is 3.27 bits per heavy atom. The van der Waals surface area contributed by atoms with Gasteiger partial charge in [-0.25, -0.2) is 0 Å². The Morgan fingerprint density at radius 2 is 2.55 bits per heavy atom. The van der Waals surface area contributed by atoms with Crippen LogP contribution in [-0.2, 0) is 13.5 Å². The zero-order valence-corrected chi connectivity index (χ0v) is 6.75. The van der Waals surface area contributed by atoms with Crippen molar-refractivity contribution in [2.45, 2.75) is 25.3 Å². The lowest BCUT2D eigenvalue weighted by atomic mass is 9.94. The second kappa shape index (κ2) is 2.34. The molecule has 0 radical (unpaired) electrons. The highest BCUT2D eigenvalue weighted by molar-refractivity contribution is 5.23. The molecule has 0 saturated carbocycles. The zero-order valence-electron chi connectivity index (χ0n) is 6.75. The molecule has 2 rings (SSSR count). The summed E-state index contributed by atoms with van der Waals surface area (Å²) in [4.78, 5) is 0. The van der Waals surface area contributed by atoms with Gasteiger partial charge in [0.1, 0.15) is 0 Å². The summed E-state index contributed by atoms with van der Waals surface area (Å²) in [6, 6.07) is 0.229. The van der Waals surface area contributed by atoms with Crippen LogP contribution in [0.3, 0.4) is 0 Å². The van der Waals surface area contributed by atoms with Gasteiger partial charge in [0.2, 0.25) is 0 Å².